The summed E-state index contributed by atoms with van der Waals surface area (Å²) in [6.07, 6.45) is 2.06. The Morgan fingerprint density at radius 2 is 2.00 bits per heavy atom. The Bertz CT molecular complexity index is 720. The van der Waals surface area contributed by atoms with Gasteiger partial charge in [0.15, 0.2) is 0 Å². The fourth-order valence-electron chi connectivity index (χ4n) is 2.91. The van der Waals surface area contributed by atoms with Crippen LogP contribution in [0.3, 0.4) is 0 Å². The summed E-state index contributed by atoms with van der Waals surface area (Å²) in [5.41, 5.74) is 2.58. The Labute approximate surface area is 133 Å². The van der Waals surface area contributed by atoms with Crippen molar-refractivity contribution in [3.05, 3.63) is 41.7 Å². The second kappa shape index (κ2) is 6.24. The molecule has 0 saturated heterocycles. The molecule has 3 rings (SSSR count). The van der Waals surface area contributed by atoms with Crippen LogP contribution in [0.2, 0.25) is 0 Å². The maximum absolute atomic E-state index is 12.2. The number of nitrogens with one attached hydrogen (secondary N) is 1. The van der Waals surface area contributed by atoms with Gasteiger partial charge in [-0.15, -0.1) is 0 Å². The first-order valence-corrected chi connectivity index (χ1v) is 7.62. The SMILES string of the molecule is Cc1ccc(-c2cc(C(=O)N[C@@H]3CCC[C@@H]3C(=O)O)on2)cc1. The van der Waals surface area contributed by atoms with Crippen LogP contribution in [-0.2, 0) is 4.79 Å². The molecule has 120 valence electrons. The lowest BCUT2D eigenvalue weighted by atomic mass is 10.0. The van der Waals surface area contributed by atoms with Crippen LogP contribution >= 0.6 is 0 Å². The molecule has 0 bridgehead atoms. The largest absolute Gasteiger partial charge is 0.481 e. The maximum atomic E-state index is 12.2. The number of rotatable bonds is 4. The van der Waals surface area contributed by atoms with Crippen molar-refractivity contribution in [1.82, 2.24) is 10.5 Å². The number of aromatic nitrogens is 1. The van der Waals surface area contributed by atoms with Crippen molar-refractivity contribution in [3.8, 4) is 11.3 Å². The van der Waals surface area contributed by atoms with Gasteiger partial charge < -0.3 is 14.9 Å². The standard InChI is InChI=1S/C17H18N2O4/c1-10-5-7-11(8-6-10)14-9-15(23-19-14)16(20)18-13-4-2-3-12(13)17(21)22/h5-9,12-13H,2-4H2,1H3,(H,18,20)(H,21,22)/t12-,13+/m0/s1. The van der Waals surface area contributed by atoms with Crippen molar-refractivity contribution >= 4 is 11.9 Å². The summed E-state index contributed by atoms with van der Waals surface area (Å²) < 4.78 is 5.11. The molecule has 0 spiro atoms. The third-order valence-corrected chi connectivity index (χ3v) is 4.23. The van der Waals surface area contributed by atoms with E-state index in [0.29, 0.717) is 18.5 Å². The minimum absolute atomic E-state index is 0.0941. The molecule has 1 saturated carbocycles. The molecular weight excluding hydrogens is 296 g/mol. The van der Waals surface area contributed by atoms with E-state index in [-0.39, 0.29) is 11.8 Å². The highest BCUT2D eigenvalue weighted by Gasteiger charge is 2.34. The van der Waals surface area contributed by atoms with E-state index in [1.807, 2.05) is 31.2 Å². The highest BCUT2D eigenvalue weighted by Crippen LogP contribution is 2.26. The topological polar surface area (TPSA) is 92.4 Å². The van der Waals surface area contributed by atoms with E-state index in [0.717, 1.165) is 17.5 Å². The molecule has 1 aliphatic carbocycles. The van der Waals surface area contributed by atoms with Gasteiger partial charge in [-0.1, -0.05) is 41.4 Å². The normalized spacial score (nSPS) is 20.4. The summed E-state index contributed by atoms with van der Waals surface area (Å²) in [6.45, 7) is 1.99. The molecule has 1 amide bonds. The van der Waals surface area contributed by atoms with E-state index in [1.54, 1.807) is 6.07 Å². The number of carbonyl (C=O) groups excluding carboxylic acids is 1. The van der Waals surface area contributed by atoms with Crippen molar-refractivity contribution in [2.75, 3.05) is 0 Å². The minimum atomic E-state index is -0.870. The van der Waals surface area contributed by atoms with Crippen LogP contribution in [0, 0.1) is 12.8 Å². The van der Waals surface area contributed by atoms with Crippen LogP contribution in [0.5, 0.6) is 0 Å². The summed E-state index contributed by atoms with van der Waals surface area (Å²) >= 11 is 0. The highest BCUT2D eigenvalue weighted by molar-refractivity contribution is 5.93. The summed E-state index contributed by atoms with van der Waals surface area (Å²) in [7, 11) is 0. The Morgan fingerprint density at radius 1 is 1.26 bits per heavy atom. The van der Waals surface area contributed by atoms with Gasteiger partial charge in [0.25, 0.3) is 5.91 Å². The molecule has 23 heavy (non-hydrogen) atoms. The number of hydrogen-bond acceptors (Lipinski definition) is 4. The molecule has 2 aromatic rings. The van der Waals surface area contributed by atoms with E-state index >= 15 is 0 Å². The van der Waals surface area contributed by atoms with Gasteiger partial charge in [0, 0.05) is 17.7 Å². The predicted molar refractivity (Wildman–Crippen MR) is 82.9 cm³/mol. The van der Waals surface area contributed by atoms with Crippen molar-refractivity contribution in [1.29, 1.82) is 0 Å². The molecule has 0 radical (unpaired) electrons. The molecule has 0 unspecified atom stereocenters. The van der Waals surface area contributed by atoms with Crippen LogP contribution in [-0.4, -0.2) is 28.2 Å². The summed E-state index contributed by atoms with van der Waals surface area (Å²) in [5.74, 6) is -1.73. The van der Waals surface area contributed by atoms with Gasteiger partial charge in [-0.05, 0) is 19.8 Å². The third kappa shape index (κ3) is 3.26. The molecular formula is C17H18N2O4. The summed E-state index contributed by atoms with van der Waals surface area (Å²) in [6, 6.07) is 8.95. The van der Waals surface area contributed by atoms with Gasteiger partial charge in [0.05, 0.1) is 5.92 Å². The number of hydrogen-bond donors (Lipinski definition) is 2. The lowest BCUT2D eigenvalue weighted by Crippen LogP contribution is -2.40. The van der Waals surface area contributed by atoms with E-state index < -0.39 is 17.8 Å². The second-order valence-corrected chi connectivity index (χ2v) is 5.90. The maximum Gasteiger partial charge on any atom is 0.308 e. The Hall–Kier alpha value is -2.63. The van der Waals surface area contributed by atoms with Gasteiger partial charge in [-0.3, -0.25) is 9.59 Å². The number of aliphatic carboxylic acids is 1. The predicted octanol–water partition coefficient (Wildman–Crippen LogP) is 2.63. The fourth-order valence-corrected chi connectivity index (χ4v) is 2.91. The zero-order chi connectivity index (χ0) is 16.4. The van der Waals surface area contributed by atoms with Crippen molar-refractivity contribution < 1.29 is 19.2 Å². The third-order valence-electron chi connectivity index (χ3n) is 4.23. The van der Waals surface area contributed by atoms with Crippen LogP contribution in [0.1, 0.15) is 35.4 Å². The number of benzene rings is 1. The number of nitrogens with zero attached hydrogens (tertiary/aromatic N) is 1. The van der Waals surface area contributed by atoms with Crippen molar-refractivity contribution in [3.63, 3.8) is 0 Å². The lowest BCUT2D eigenvalue weighted by molar-refractivity contribution is -0.142. The Kier molecular flexibility index (Phi) is 4.14. The Balaban J connectivity index is 1.71. The number of carboxylic acid groups (broad SMARTS) is 1. The van der Waals surface area contributed by atoms with E-state index in [1.165, 1.54) is 0 Å². The lowest BCUT2D eigenvalue weighted by Gasteiger charge is -2.16. The first kappa shape index (κ1) is 15.3. The monoisotopic (exact) mass is 314 g/mol. The Morgan fingerprint density at radius 3 is 2.70 bits per heavy atom. The zero-order valence-electron chi connectivity index (χ0n) is 12.8. The molecule has 6 nitrogen and oxygen atoms in total. The van der Waals surface area contributed by atoms with Crippen LogP contribution in [0.25, 0.3) is 11.3 Å². The highest BCUT2D eigenvalue weighted by atomic mass is 16.5. The van der Waals surface area contributed by atoms with Crippen LogP contribution in [0.4, 0.5) is 0 Å². The van der Waals surface area contributed by atoms with Crippen molar-refractivity contribution in [2.24, 2.45) is 5.92 Å². The van der Waals surface area contributed by atoms with E-state index in [9.17, 15) is 9.59 Å². The molecule has 1 aliphatic rings. The fraction of sp³-hybridized carbons (Fsp3) is 0.353. The average Bonchev–Trinajstić information content (AvgIpc) is 3.16. The molecule has 1 aromatic heterocycles. The van der Waals surface area contributed by atoms with Crippen LogP contribution in [0.15, 0.2) is 34.9 Å². The molecule has 1 aromatic carbocycles. The average molecular weight is 314 g/mol. The van der Waals surface area contributed by atoms with Gasteiger partial charge in [-0.2, -0.15) is 0 Å². The molecule has 6 heteroatoms. The van der Waals surface area contributed by atoms with Crippen molar-refractivity contribution in [2.45, 2.75) is 32.2 Å². The first-order valence-electron chi connectivity index (χ1n) is 7.62. The molecule has 0 aliphatic heterocycles. The number of carboxylic acids is 1. The molecule has 1 fully saturated rings. The summed E-state index contributed by atoms with van der Waals surface area (Å²) in [5, 5.41) is 15.8. The number of carbonyl (C=O) groups is 2. The first-order chi connectivity index (χ1) is 11.0. The van der Waals surface area contributed by atoms with E-state index in [4.69, 9.17) is 9.63 Å². The van der Waals surface area contributed by atoms with Gasteiger partial charge >= 0.3 is 5.97 Å². The smallest absolute Gasteiger partial charge is 0.308 e. The summed E-state index contributed by atoms with van der Waals surface area (Å²) in [4.78, 5) is 23.4. The second-order valence-electron chi connectivity index (χ2n) is 5.90. The van der Waals surface area contributed by atoms with Gasteiger partial charge in [0.1, 0.15) is 5.69 Å². The van der Waals surface area contributed by atoms with E-state index in [2.05, 4.69) is 10.5 Å². The molecule has 1 heterocycles. The molecule has 2 atom stereocenters. The molecule has 2 N–H and O–H groups in total. The van der Waals surface area contributed by atoms with Gasteiger partial charge in [-0.25, -0.2) is 0 Å². The van der Waals surface area contributed by atoms with Gasteiger partial charge in [0.2, 0.25) is 5.76 Å². The minimum Gasteiger partial charge on any atom is -0.481 e. The van der Waals surface area contributed by atoms with Crippen LogP contribution < -0.4 is 5.32 Å². The number of aryl methyl sites for hydroxylation is 1. The number of amides is 1. The quantitative estimate of drug-likeness (QED) is 0.905. The zero-order valence-corrected chi connectivity index (χ0v) is 12.8.